The molecule has 6 heteroatoms. The largest absolute Gasteiger partial charge is 0.395 e. The topological polar surface area (TPSA) is 64.5 Å². The van der Waals surface area contributed by atoms with Crippen molar-refractivity contribution in [3.05, 3.63) is 66.2 Å². The maximum atomic E-state index is 9.16. The van der Waals surface area contributed by atoms with E-state index in [0.717, 1.165) is 55.4 Å². The second-order valence-electron chi connectivity index (χ2n) is 7.14. The van der Waals surface area contributed by atoms with Crippen LogP contribution < -0.4 is 10.2 Å². The Kier molecular flexibility index (Phi) is 6.34. The first-order chi connectivity index (χ1) is 14.3. The normalized spacial score (nSPS) is 15.3. The fraction of sp³-hybridized carbons (Fsp3) is 0.304. The van der Waals surface area contributed by atoms with Gasteiger partial charge < -0.3 is 15.3 Å². The molecule has 0 unspecified atom stereocenters. The molecule has 0 amide bonds. The molecule has 1 aliphatic rings. The van der Waals surface area contributed by atoms with Crippen LogP contribution in [-0.4, -0.2) is 65.8 Å². The zero-order valence-corrected chi connectivity index (χ0v) is 16.5. The average Bonchev–Trinajstić information content (AvgIpc) is 2.78. The summed E-state index contributed by atoms with van der Waals surface area (Å²) in [6, 6.07) is 18.4. The summed E-state index contributed by atoms with van der Waals surface area (Å²) >= 11 is 0. The molecule has 2 heterocycles. The standard InChI is InChI=1S/C23H27N5O/c29-18-12-24-22-20-10-4-5-11-21(20)25-23(26-22)28-16-14-27(15-17-28)13-6-9-19-7-2-1-3-8-19/h1-11,29H,12-18H2,(H,24,25,26). The van der Waals surface area contributed by atoms with Crippen molar-refractivity contribution in [2.75, 3.05) is 56.1 Å². The highest BCUT2D eigenvalue weighted by atomic mass is 16.3. The van der Waals surface area contributed by atoms with Crippen LogP contribution in [0.25, 0.3) is 17.0 Å². The molecule has 1 fully saturated rings. The van der Waals surface area contributed by atoms with Crippen molar-refractivity contribution >= 4 is 28.7 Å². The number of aromatic nitrogens is 2. The van der Waals surface area contributed by atoms with Gasteiger partial charge in [0.1, 0.15) is 5.82 Å². The van der Waals surface area contributed by atoms with Gasteiger partial charge in [-0.25, -0.2) is 4.98 Å². The molecular weight excluding hydrogens is 362 g/mol. The van der Waals surface area contributed by atoms with Crippen LogP contribution in [0.1, 0.15) is 5.56 Å². The van der Waals surface area contributed by atoms with Crippen molar-refractivity contribution in [3.63, 3.8) is 0 Å². The lowest BCUT2D eigenvalue weighted by Gasteiger charge is -2.34. The number of aliphatic hydroxyl groups is 1. The maximum Gasteiger partial charge on any atom is 0.227 e. The lowest BCUT2D eigenvalue weighted by atomic mass is 10.2. The molecule has 0 bridgehead atoms. The maximum absolute atomic E-state index is 9.16. The Morgan fingerprint density at radius 3 is 2.48 bits per heavy atom. The second-order valence-corrected chi connectivity index (χ2v) is 7.14. The van der Waals surface area contributed by atoms with Gasteiger partial charge in [0, 0.05) is 44.7 Å². The Bertz CT molecular complexity index is 952. The van der Waals surface area contributed by atoms with Gasteiger partial charge >= 0.3 is 0 Å². The predicted molar refractivity (Wildman–Crippen MR) is 119 cm³/mol. The van der Waals surface area contributed by atoms with Crippen molar-refractivity contribution in [3.8, 4) is 0 Å². The first-order valence-corrected chi connectivity index (χ1v) is 10.1. The summed E-state index contributed by atoms with van der Waals surface area (Å²) in [6.45, 7) is 5.26. The molecule has 6 nitrogen and oxygen atoms in total. The molecule has 0 saturated carbocycles. The van der Waals surface area contributed by atoms with E-state index in [0.29, 0.717) is 6.54 Å². The van der Waals surface area contributed by atoms with Crippen molar-refractivity contribution in [2.45, 2.75) is 0 Å². The Hall–Kier alpha value is -2.96. The number of rotatable bonds is 7. The molecule has 0 aliphatic carbocycles. The minimum Gasteiger partial charge on any atom is -0.395 e. The van der Waals surface area contributed by atoms with Crippen LogP contribution in [0.4, 0.5) is 11.8 Å². The molecule has 0 atom stereocenters. The number of benzene rings is 2. The summed E-state index contributed by atoms with van der Waals surface area (Å²) in [4.78, 5) is 14.2. The molecule has 0 radical (unpaired) electrons. The van der Waals surface area contributed by atoms with Crippen LogP contribution in [0.5, 0.6) is 0 Å². The van der Waals surface area contributed by atoms with Crippen LogP contribution in [0, 0.1) is 0 Å². The van der Waals surface area contributed by atoms with Crippen molar-refractivity contribution in [1.29, 1.82) is 0 Å². The van der Waals surface area contributed by atoms with E-state index in [9.17, 15) is 0 Å². The number of hydrogen-bond donors (Lipinski definition) is 2. The Morgan fingerprint density at radius 1 is 0.931 bits per heavy atom. The quantitative estimate of drug-likeness (QED) is 0.648. The van der Waals surface area contributed by atoms with Crippen molar-refractivity contribution in [2.24, 2.45) is 0 Å². The summed E-state index contributed by atoms with van der Waals surface area (Å²) in [5.41, 5.74) is 2.16. The van der Waals surface area contributed by atoms with Gasteiger partial charge in [-0.15, -0.1) is 0 Å². The van der Waals surface area contributed by atoms with E-state index in [4.69, 9.17) is 15.1 Å². The fourth-order valence-corrected chi connectivity index (χ4v) is 3.55. The summed E-state index contributed by atoms with van der Waals surface area (Å²) in [5.74, 6) is 1.54. The molecule has 3 aromatic rings. The van der Waals surface area contributed by atoms with E-state index >= 15 is 0 Å². The fourth-order valence-electron chi connectivity index (χ4n) is 3.55. The van der Waals surface area contributed by atoms with Gasteiger partial charge in [-0.2, -0.15) is 4.98 Å². The Labute approximate surface area is 171 Å². The number of hydrogen-bond acceptors (Lipinski definition) is 6. The van der Waals surface area contributed by atoms with E-state index in [-0.39, 0.29) is 6.61 Å². The van der Waals surface area contributed by atoms with Gasteiger partial charge in [-0.05, 0) is 17.7 Å². The molecule has 2 aromatic carbocycles. The number of piperazine rings is 1. The van der Waals surface area contributed by atoms with Crippen LogP contribution in [-0.2, 0) is 0 Å². The lowest BCUT2D eigenvalue weighted by Crippen LogP contribution is -2.47. The summed E-state index contributed by atoms with van der Waals surface area (Å²) < 4.78 is 0. The van der Waals surface area contributed by atoms with E-state index in [1.165, 1.54) is 5.56 Å². The first-order valence-electron chi connectivity index (χ1n) is 10.1. The zero-order chi connectivity index (χ0) is 19.9. The number of fused-ring (bicyclic) bond motifs is 1. The van der Waals surface area contributed by atoms with Crippen LogP contribution >= 0.6 is 0 Å². The SMILES string of the molecule is OCCNc1nc(N2CCN(CC=Cc3ccccc3)CC2)nc2ccccc12. The summed E-state index contributed by atoms with van der Waals surface area (Å²) in [7, 11) is 0. The third-order valence-electron chi connectivity index (χ3n) is 5.12. The lowest BCUT2D eigenvalue weighted by molar-refractivity contribution is 0.283. The van der Waals surface area contributed by atoms with Crippen LogP contribution in [0.3, 0.4) is 0 Å². The van der Waals surface area contributed by atoms with Gasteiger partial charge in [-0.1, -0.05) is 54.6 Å². The third kappa shape index (κ3) is 4.91. The highest BCUT2D eigenvalue weighted by Gasteiger charge is 2.19. The van der Waals surface area contributed by atoms with Crippen molar-refractivity contribution in [1.82, 2.24) is 14.9 Å². The molecule has 0 spiro atoms. The average molecular weight is 390 g/mol. The second kappa shape index (κ2) is 9.49. The van der Waals surface area contributed by atoms with Crippen LogP contribution in [0.15, 0.2) is 60.7 Å². The van der Waals surface area contributed by atoms with Crippen LogP contribution in [0.2, 0.25) is 0 Å². The number of nitrogens with one attached hydrogen (secondary N) is 1. The number of para-hydroxylation sites is 1. The highest BCUT2D eigenvalue weighted by Crippen LogP contribution is 2.24. The number of aliphatic hydroxyl groups excluding tert-OH is 1. The molecule has 1 aliphatic heterocycles. The number of nitrogens with zero attached hydrogens (tertiary/aromatic N) is 4. The van der Waals surface area contributed by atoms with E-state index in [1.54, 1.807) is 0 Å². The molecule has 2 N–H and O–H groups in total. The van der Waals surface area contributed by atoms with Crippen molar-refractivity contribution < 1.29 is 5.11 Å². The molecule has 4 rings (SSSR count). The molecule has 29 heavy (non-hydrogen) atoms. The number of anilines is 2. The Balaban J connectivity index is 1.40. The van der Waals surface area contributed by atoms with Gasteiger partial charge in [0.2, 0.25) is 5.95 Å². The zero-order valence-electron chi connectivity index (χ0n) is 16.5. The summed E-state index contributed by atoms with van der Waals surface area (Å²) in [6.07, 6.45) is 4.41. The minimum absolute atomic E-state index is 0.0723. The Morgan fingerprint density at radius 2 is 1.69 bits per heavy atom. The molecule has 150 valence electrons. The molecular formula is C23H27N5O. The van der Waals surface area contributed by atoms with Gasteiger partial charge in [0.25, 0.3) is 0 Å². The third-order valence-corrected chi connectivity index (χ3v) is 5.12. The minimum atomic E-state index is 0.0723. The van der Waals surface area contributed by atoms with Gasteiger partial charge in [0.05, 0.1) is 12.1 Å². The van der Waals surface area contributed by atoms with Gasteiger partial charge in [-0.3, -0.25) is 4.90 Å². The molecule has 1 aromatic heterocycles. The smallest absolute Gasteiger partial charge is 0.227 e. The van der Waals surface area contributed by atoms with Gasteiger partial charge in [0.15, 0.2) is 0 Å². The first kappa shape index (κ1) is 19.4. The monoisotopic (exact) mass is 389 g/mol. The highest BCUT2D eigenvalue weighted by molar-refractivity contribution is 5.90. The van der Waals surface area contributed by atoms with E-state index in [1.807, 2.05) is 30.3 Å². The summed E-state index contributed by atoms with van der Waals surface area (Å²) in [5, 5.41) is 13.4. The predicted octanol–water partition coefficient (Wildman–Crippen LogP) is 2.87. The van der Waals surface area contributed by atoms with E-state index < -0.39 is 0 Å². The van der Waals surface area contributed by atoms with E-state index in [2.05, 4.69) is 51.5 Å². The molecule has 1 saturated heterocycles.